The van der Waals surface area contributed by atoms with Crippen LogP contribution in [-0.4, -0.2) is 26.8 Å². The van der Waals surface area contributed by atoms with Crippen LogP contribution in [0.2, 0.25) is 0 Å². The van der Waals surface area contributed by atoms with Crippen molar-refractivity contribution in [3.63, 3.8) is 0 Å². The molecule has 1 amide bonds. The highest BCUT2D eigenvalue weighted by Crippen LogP contribution is 2.25. The van der Waals surface area contributed by atoms with E-state index in [-0.39, 0.29) is 28.6 Å². The number of anilines is 1. The molecule has 0 unspecified atom stereocenters. The maximum atomic E-state index is 13.3. The number of hydrogen-bond acceptors (Lipinski definition) is 6. The van der Waals surface area contributed by atoms with Crippen molar-refractivity contribution in [3.05, 3.63) is 66.1 Å². The molecule has 0 saturated carbocycles. The fraction of sp³-hybridized carbons (Fsp3) is 0.100. The number of benzene rings is 2. The number of hydrogen-bond donors (Lipinski definition) is 1. The molecule has 8 heteroatoms. The predicted molar refractivity (Wildman–Crippen MR) is 106 cm³/mol. The number of amides is 1. The van der Waals surface area contributed by atoms with Crippen molar-refractivity contribution in [3.8, 4) is 11.5 Å². The van der Waals surface area contributed by atoms with Gasteiger partial charge in [-0.25, -0.2) is 4.39 Å². The number of nitrogens with zero attached hydrogens (tertiary/aromatic N) is 3. The summed E-state index contributed by atoms with van der Waals surface area (Å²) in [6.45, 7) is 1.88. The average Bonchev–Trinajstić information content (AvgIpc) is 3.15. The molecule has 0 radical (unpaired) electrons. The summed E-state index contributed by atoms with van der Waals surface area (Å²) in [7, 11) is 0. The van der Waals surface area contributed by atoms with Crippen LogP contribution < -0.4 is 5.32 Å². The Hall–Kier alpha value is -3.26. The summed E-state index contributed by atoms with van der Waals surface area (Å²) in [4.78, 5) is 16.8. The SMILES string of the molecule is Cc1cc(NC(=O)CSc2nnc(-c3cccc(F)c3)o2)c2ccccc2n1. The van der Waals surface area contributed by atoms with Gasteiger partial charge < -0.3 is 9.73 Å². The molecular formula is C20H15FN4O2S. The van der Waals surface area contributed by atoms with Crippen molar-refractivity contribution >= 4 is 34.3 Å². The number of para-hydroxylation sites is 1. The summed E-state index contributed by atoms with van der Waals surface area (Å²) < 4.78 is 18.8. The molecule has 1 N–H and O–H groups in total. The number of fused-ring (bicyclic) bond motifs is 1. The zero-order valence-electron chi connectivity index (χ0n) is 14.8. The van der Waals surface area contributed by atoms with Crippen molar-refractivity contribution in [2.24, 2.45) is 0 Å². The first-order valence-electron chi connectivity index (χ1n) is 8.47. The summed E-state index contributed by atoms with van der Waals surface area (Å²) in [5, 5.41) is 11.8. The Bertz CT molecular complexity index is 1160. The molecule has 2 heterocycles. The number of thioether (sulfide) groups is 1. The molecule has 0 aliphatic carbocycles. The average molecular weight is 394 g/mol. The fourth-order valence-corrected chi connectivity index (χ4v) is 3.29. The van der Waals surface area contributed by atoms with Crippen LogP contribution in [0.25, 0.3) is 22.4 Å². The summed E-state index contributed by atoms with van der Waals surface area (Å²) in [5.41, 5.74) is 2.84. The molecule has 0 saturated heterocycles. The number of pyridine rings is 1. The number of nitrogens with one attached hydrogen (secondary N) is 1. The fourth-order valence-electron chi connectivity index (χ4n) is 2.73. The number of carbonyl (C=O) groups excluding carboxylic acids is 1. The monoisotopic (exact) mass is 394 g/mol. The van der Waals surface area contributed by atoms with E-state index in [2.05, 4.69) is 20.5 Å². The van der Waals surface area contributed by atoms with Crippen LogP contribution in [0.1, 0.15) is 5.69 Å². The van der Waals surface area contributed by atoms with Crippen LogP contribution in [0.5, 0.6) is 0 Å². The number of carbonyl (C=O) groups is 1. The van der Waals surface area contributed by atoms with E-state index in [9.17, 15) is 9.18 Å². The van der Waals surface area contributed by atoms with Gasteiger partial charge in [-0.05, 0) is 37.3 Å². The maximum Gasteiger partial charge on any atom is 0.277 e. The second kappa shape index (κ2) is 7.77. The lowest BCUT2D eigenvalue weighted by molar-refractivity contribution is -0.113. The normalized spacial score (nSPS) is 10.9. The molecule has 0 aliphatic rings. The minimum absolute atomic E-state index is 0.0977. The van der Waals surface area contributed by atoms with Crippen LogP contribution >= 0.6 is 11.8 Å². The van der Waals surface area contributed by atoms with E-state index in [1.807, 2.05) is 37.3 Å². The van der Waals surface area contributed by atoms with Crippen LogP contribution in [0, 0.1) is 12.7 Å². The Balaban J connectivity index is 1.43. The number of aryl methyl sites for hydroxylation is 1. The third-order valence-corrected chi connectivity index (χ3v) is 4.74. The van der Waals surface area contributed by atoms with Gasteiger partial charge in [0.25, 0.3) is 5.22 Å². The molecule has 0 atom stereocenters. The smallest absolute Gasteiger partial charge is 0.277 e. The first-order valence-corrected chi connectivity index (χ1v) is 9.45. The zero-order valence-corrected chi connectivity index (χ0v) is 15.7. The van der Waals surface area contributed by atoms with Gasteiger partial charge in [-0.2, -0.15) is 0 Å². The highest BCUT2D eigenvalue weighted by Gasteiger charge is 2.13. The molecule has 28 heavy (non-hydrogen) atoms. The van der Waals surface area contributed by atoms with E-state index in [4.69, 9.17) is 4.42 Å². The Morgan fingerprint density at radius 1 is 1.14 bits per heavy atom. The third kappa shape index (κ3) is 4.01. The molecule has 0 spiro atoms. The van der Waals surface area contributed by atoms with Gasteiger partial charge in [-0.3, -0.25) is 9.78 Å². The van der Waals surface area contributed by atoms with E-state index >= 15 is 0 Å². The van der Waals surface area contributed by atoms with Gasteiger partial charge >= 0.3 is 0 Å². The van der Waals surface area contributed by atoms with Gasteiger partial charge in [0, 0.05) is 16.6 Å². The summed E-state index contributed by atoms with van der Waals surface area (Å²) in [6.07, 6.45) is 0. The van der Waals surface area contributed by atoms with E-state index in [1.54, 1.807) is 12.1 Å². The highest BCUT2D eigenvalue weighted by molar-refractivity contribution is 7.99. The second-order valence-corrected chi connectivity index (χ2v) is 6.98. The lowest BCUT2D eigenvalue weighted by Gasteiger charge is -2.09. The molecular weight excluding hydrogens is 379 g/mol. The molecule has 0 bridgehead atoms. The minimum atomic E-state index is -0.385. The lowest BCUT2D eigenvalue weighted by Crippen LogP contribution is -2.14. The van der Waals surface area contributed by atoms with Crippen LogP contribution in [0.4, 0.5) is 10.1 Å². The Morgan fingerprint density at radius 3 is 2.86 bits per heavy atom. The molecule has 6 nitrogen and oxygen atoms in total. The summed E-state index contributed by atoms with van der Waals surface area (Å²) >= 11 is 1.12. The largest absolute Gasteiger partial charge is 0.411 e. The van der Waals surface area contributed by atoms with E-state index in [0.29, 0.717) is 11.3 Å². The predicted octanol–water partition coefficient (Wildman–Crippen LogP) is 4.46. The maximum absolute atomic E-state index is 13.3. The molecule has 0 fully saturated rings. The van der Waals surface area contributed by atoms with Crippen LogP contribution in [0.3, 0.4) is 0 Å². The molecule has 0 aliphatic heterocycles. The van der Waals surface area contributed by atoms with E-state index in [0.717, 1.165) is 28.4 Å². The topological polar surface area (TPSA) is 80.9 Å². The standard InChI is InChI=1S/C20H15FN4O2S/c1-12-9-17(15-7-2-3-8-16(15)22-12)23-18(26)11-28-20-25-24-19(27-20)13-5-4-6-14(21)10-13/h2-10H,11H2,1H3,(H,22,23,26). The Labute approximate surface area is 164 Å². The first kappa shape index (κ1) is 18.1. The van der Waals surface area contributed by atoms with Crippen molar-refractivity contribution in [2.45, 2.75) is 12.1 Å². The molecule has 4 rings (SSSR count). The summed E-state index contributed by atoms with van der Waals surface area (Å²) in [6, 6.07) is 15.3. The van der Waals surface area contributed by atoms with Crippen LogP contribution in [-0.2, 0) is 4.79 Å². The van der Waals surface area contributed by atoms with Gasteiger partial charge in [0.05, 0.1) is 17.0 Å². The van der Waals surface area contributed by atoms with Crippen molar-refractivity contribution in [2.75, 3.05) is 11.1 Å². The van der Waals surface area contributed by atoms with Gasteiger partial charge in [0.2, 0.25) is 11.8 Å². The van der Waals surface area contributed by atoms with Crippen molar-refractivity contribution < 1.29 is 13.6 Å². The first-order chi connectivity index (χ1) is 13.6. The van der Waals surface area contributed by atoms with E-state index < -0.39 is 0 Å². The number of halogens is 1. The molecule has 4 aromatic rings. The van der Waals surface area contributed by atoms with Crippen LogP contribution in [0.15, 0.2) is 64.2 Å². The third-order valence-electron chi connectivity index (χ3n) is 3.92. The summed E-state index contributed by atoms with van der Waals surface area (Å²) in [5.74, 6) is -0.283. The number of rotatable bonds is 5. The highest BCUT2D eigenvalue weighted by atomic mass is 32.2. The molecule has 2 aromatic heterocycles. The van der Waals surface area contributed by atoms with E-state index in [1.165, 1.54) is 12.1 Å². The van der Waals surface area contributed by atoms with Gasteiger partial charge in [0.1, 0.15) is 5.82 Å². The lowest BCUT2D eigenvalue weighted by atomic mass is 10.1. The molecule has 2 aromatic carbocycles. The van der Waals surface area contributed by atoms with Crippen molar-refractivity contribution in [1.82, 2.24) is 15.2 Å². The van der Waals surface area contributed by atoms with Gasteiger partial charge in [0.15, 0.2) is 0 Å². The minimum Gasteiger partial charge on any atom is -0.411 e. The number of aromatic nitrogens is 3. The Kier molecular flexibility index (Phi) is 5.03. The quantitative estimate of drug-likeness (QED) is 0.503. The van der Waals surface area contributed by atoms with Crippen molar-refractivity contribution in [1.29, 1.82) is 0 Å². The second-order valence-electron chi connectivity index (χ2n) is 6.05. The Morgan fingerprint density at radius 2 is 2.00 bits per heavy atom. The molecule has 140 valence electrons. The van der Waals surface area contributed by atoms with Gasteiger partial charge in [-0.15, -0.1) is 10.2 Å². The van der Waals surface area contributed by atoms with Gasteiger partial charge in [-0.1, -0.05) is 36.0 Å². The zero-order chi connectivity index (χ0) is 19.5.